The Labute approximate surface area is 123 Å². The number of hydrogen-bond donors (Lipinski definition) is 3. The summed E-state index contributed by atoms with van der Waals surface area (Å²) in [4.78, 5) is 22.9. The molecule has 21 heavy (non-hydrogen) atoms. The molecule has 0 aromatic heterocycles. The summed E-state index contributed by atoms with van der Waals surface area (Å²) in [7, 11) is 1.44. The molecule has 1 unspecified atom stereocenters. The number of urea groups is 1. The Morgan fingerprint density at radius 2 is 2.10 bits per heavy atom. The van der Waals surface area contributed by atoms with Crippen LogP contribution in [0.5, 0.6) is 5.75 Å². The van der Waals surface area contributed by atoms with Crippen LogP contribution in [0, 0.1) is 0 Å². The first kappa shape index (κ1) is 16.8. The largest absolute Gasteiger partial charge is 0.497 e. The number of carboxylic acids is 1. The molecule has 0 saturated carbocycles. The van der Waals surface area contributed by atoms with Gasteiger partial charge < -0.3 is 25.2 Å². The summed E-state index contributed by atoms with van der Waals surface area (Å²) < 4.78 is 10.2. The number of carbonyl (C=O) groups excluding carboxylic acids is 1. The molecular weight excluding hydrogens is 276 g/mol. The predicted octanol–water partition coefficient (Wildman–Crippen LogP) is 1.94. The normalized spacial score (nSPS) is 11.6. The van der Waals surface area contributed by atoms with Crippen LogP contribution < -0.4 is 15.4 Å². The van der Waals surface area contributed by atoms with Crippen LogP contribution in [0.3, 0.4) is 0 Å². The van der Waals surface area contributed by atoms with Crippen molar-refractivity contribution < 1.29 is 24.2 Å². The molecule has 116 valence electrons. The fraction of sp³-hybridized carbons (Fsp3) is 0.429. The van der Waals surface area contributed by atoms with Crippen molar-refractivity contribution in [2.24, 2.45) is 0 Å². The summed E-state index contributed by atoms with van der Waals surface area (Å²) in [5.74, 6) is -0.741. The molecule has 0 fully saturated rings. The minimum absolute atomic E-state index is 0.0395. The molecule has 3 N–H and O–H groups in total. The van der Waals surface area contributed by atoms with Crippen molar-refractivity contribution in [2.45, 2.75) is 20.0 Å². The maximum Gasteiger partial charge on any atom is 0.337 e. The van der Waals surface area contributed by atoms with Crippen LogP contribution in [0.25, 0.3) is 0 Å². The maximum absolute atomic E-state index is 11.7. The van der Waals surface area contributed by atoms with Gasteiger partial charge in [0.1, 0.15) is 5.75 Å². The van der Waals surface area contributed by atoms with Crippen molar-refractivity contribution in [3.05, 3.63) is 23.8 Å². The topological polar surface area (TPSA) is 96.9 Å². The van der Waals surface area contributed by atoms with Gasteiger partial charge >= 0.3 is 12.0 Å². The molecule has 2 amide bonds. The zero-order valence-electron chi connectivity index (χ0n) is 12.3. The summed E-state index contributed by atoms with van der Waals surface area (Å²) in [6.45, 7) is 4.59. The molecule has 0 bridgehead atoms. The Bertz CT molecular complexity index is 504. The summed E-state index contributed by atoms with van der Waals surface area (Å²) in [5, 5.41) is 14.2. The van der Waals surface area contributed by atoms with E-state index in [9.17, 15) is 9.59 Å². The highest BCUT2D eigenvalue weighted by molar-refractivity contribution is 6.00. The number of hydrogen-bond acceptors (Lipinski definition) is 4. The standard InChI is InChI=1S/C14H20N2O5/c1-4-21-9(2)8-15-14(19)16-12-6-5-10(20-3)7-11(12)13(17)18/h5-7,9H,4,8H2,1-3H3,(H,17,18)(H2,15,16,19). The molecule has 1 aromatic rings. The number of carbonyl (C=O) groups is 2. The Balaban J connectivity index is 2.69. The third-order valence-corrected chi connectivity index (χ3v) is 2.71. The number of amides is 2. The van der Waals surface area contributed by atoms with Crippen molar-refractivity contribution in [3.8, 4) is 5.75 Å². The first-order valence-corrected chi connectivity index (χ1v) is 6.55. The van der Waals surface area contributed by atoms with Gasteiger partial charge in [-0.1, -0.05) is 0 Å². The molecule has 0 aliphatic carbocycles. The molecule has 1 atom stereocenters. The number of ether oxygens (including phenoxy) is 2. The number of nitrogens with one attached hydrogen (secondary N) is 2. The second-order valence-corrected chi connectivity index (χ2v) is 4.32. The molecule has 1 rings (SSSR count). The molecule has 7 heteroatoms. The van der Waals surface area contributed by atoms with E-state index in [1.54, 1.807) is 6.07 Å². The second-order valence-electron chi connectivity index (χ2n) is 4.32. The highest BCUT2D eigenvalue weighted by atomic mass is 16.5. The fourth-order valence-corrected chi connectivity index (χ4v) is 1.68. The van der Waals surface area contributed by atoms with Gasteiger partial charge in [-0.15, -0.1) is 0 Å². The minimum Gasteiger partial charge on any atom is -0.497 e. The third kappa shape index (κ3) is 5.31. The van der Waals surface area contributed by atoms with E-state index in [0.717, 1.165) is 0 Å². The number of carboxylic acid groups (broad SMARTS) is 1. The molecule has 7 nitrogen and oxygen atoms in total. The van der Waals surface area contributed by atoms with Gasteiger partial charge in [0, 0.05) is 13.2 Å². The monoisotopic (exact) mass is 296 g/mol. The second kappa shape index (κ2) is 8.11. The van der Waals surface area contributed by atoms with E-state index in [1.807, 2.05) is 13.8 Å². The number of anilines is 1. The van der Waals surface area contributed by atoms with Crippen LogP contribution in [0.15, 0.2) is 18.2 Å². The molecule has 0 saturated heterocycles. The zero-order chi connectivity index (χ0) is 15.8. The molecule has 0 heterocycles. The van der Waals surface area contributed by atoms with Gasteiger partial charge in [-0.3, -0.25) is 0 Å². The highest BCUT2D eigenvalue weighted by Gasteiger charge is 2.14. The lowest BCUT2D eigenvalue weighted by Gasteiger charge is -2.14. The fourth-order valence-electron chi connectivity index (χ4n) is 1.68. The van der Waals surface area contributed by atoms with E-state index < -0.39 is 12.0 Å². The van der Waals surface area contributed by atoms with Gasteiger partial charge in [0.25, 0.3) is 0 Å². The van der Waals surface area contributed by atoms with Crippen molar-refractivity contribution in [3.63, 3.8) is 0 Å². The van der Waals surface area contributed by atoms with Gasteiger partial charge in [-0.05, 0) is 32.0 Å². The smallest absolute Gasteiger partial charge is 0.337 e. The Morgan fingerprint density at radius 1 is 1.38 bits per heavy atom. The highest BCUT2D eigenvalue weighted by Crippen LogP contribution is 2.22. The Morgan fingerprint density at radius 3 is 2.67 bits per heavy atom. The molecule has 0 aliphatic rings. The average Bonchev–Trinajstić information content (AvgIpc) is 2.45. The maximum atomic E-state index is 11.7. The predicted molar refractivity (Wildman–Crippen MR) is 78.1 cm³/mol. The third-order valence-electron chi connectivity index (χ3n) is 2.71. The van der Waals surface area contributed by atoms with E-state index in [4.69, 9.17) is 14.6 Å². The van der Waals surface area contributed by atoms with Crippen LogP contribution in [0.2, 0.25) is 0 Å². The first-order chi connectivity index (χ1) is 9.97. The lowest BCUT2D eigenvalue weighted by Crippen LogP contribution is -2.35. The quantitative estimate of drug-likeness (QED) is 0.714. The molecular formula is C14H20N2O5. The van der Waals surface area contributed by atoms with Crippen molar-refractivity contribution in [2.75, 3.05) is 25.6 Å². The van der Waals surface area contributed by atoms with Gasteiger partial charge in [0.2, 0.25) is 0 Å². The van der Waals surface area contributed by atoms with E-state index in [-0.39, 0.29) is 17.4 Å². The molecule has 0 radical (unpaired) electrons. The number of benzene rings is 1. The van der Waals surface area contributed by atoms with Crippen molar-refractivity contribution in [1.82, 2.24) is 5.32 Å². The molecule has 0 spiro atoms. The average molecular weight is 296 g/mol. The molecule has 0 aliphatic heterocycles. The SMILES string of the molecule is CCOC(C)CNC(=O)Nc1ccc(OC)cc1C(=O)O. The van der Waals surface area contributed by atoms with Gasteiger partial charge in [-0.2, -0.15) is 0 Å². The van der Waals surface area contributed by atoms with Crippen molar-refractivity contribution in [1.29, 1.82) is 0 Å². The van der Waals surface area contributed by atoms with E-state index >= 15 is 0 Å². The van der Waals surface area contributed by atoms with Gasteiger partial charge in [0.05, 0.1) is 24.5 Å². The van der Waals surface area contributed by atoms with Crippen LogP contribution in [0.4, 0.5) is 10.5 Å². The van der Waals surface area contributed by atoms with Gasteiger partial charge in [-0.25, -0.2) is 9.59 Å². The zero-order valence-corrected chi connectivity index (χ0v) is 12.3. The Hall–Kier alpha value is -2.28. The van der Waals surface area contributed by atoms with Crippen LogP contribution in [0.1, 0.15) is 24.2 Å². The summed E-state index contributed by atoms with van der Waals surface area (Å²) in [6, 6.07) is 3.91. The summed E-state index contributed by atoms with van der Waals surface area (Å²) >= 11 is 0. The lowest BCUT2D eigenvalue weighted by molar-refractivity contribution is 0.0697. The van der Waals surface area contributed by atoms with E-state index in [0.29, 0.717) is 18.9 Å². The number of methoxy groups -OCH3 is 1. The summed E-state index contributed by atoms with van der Waals surface area (Å²) in [6.07, 6.45) is -0.115. The van der Waals surface area contributed by atoms with Gasteiger partial charge in [0.15, 0.2) is 0 Å². The number of rotatable bonds is 7. The first-order valence-electron chi connectivity index (χ1n) is 6.55. The molecule has 1 aromatic carbocycles. The number of aromatic carboxylic acids is 1. The van der Waals surface area contributed by atoms with E-state index in [2.05, 4.69) is 10.6 Å². The van der Waals surface area contributed by atoms with Crippen LogP contribution in [-0.2, 0) is 4.74 Å². The van der Waals surface area contributed by atoms with Crippen LogP contribution in [-0.4, -0.2) is 43.5 Å². The minimum atomic E-state index is -1.15. The Kier molecular flexibility index (Phi) is 6.48. The van der Waals surface area contributed by atoms with E-state index in [1.165, 1.54) is 19.2 Å². The van der Waals surface area contributed by atoms with Crippen LogP contribution >= 0.6 is 0 Å². The summed E-state index contributed by atoms with van der Waals surface area (Å²) in [5.41, 5.74) is 0.159. The lowest BCUT2D eigenvalue weighted by atomic mass is 10.1. The van der Waals surface area contributed by atoms with Crippen molar-refractivity contribution >= 4 is 17.7 Å².